The molecule has 356 valence electrons. The van der Waals surface area contributed by atoms with Crippen molar-refractivity contribution in [2.24, 2.45) is 11.8 Å². The van der Waals surface area contributed by atoms with Gasteiger partial charge in [-0.25, -0.2) is 0 Å². The normalized spacial score (nSPS) is 12.5. The second-order valence-corrected chi connectivity index (χ2v) is 19.2. The molecule has 60 heavy (non-hydrogen) atoms. The molecule has 0 saturated carbocycles. The van der Waals surface area contributed by atoms with E-state index in [-0.39, 0.29) is 31.1 Å². The highest BCUT2D eigenvalue weighted by atomic mass is 16.6. The largest absolute Gasteiger partial charge is 0.462 e. The highest BCUT2D eigenvalue weighted by Crippen LogP contribution is 2.18. The van der Waals surface area contributed by atoms with E-state index in [1.54, 1.807) is 0 Å². The van der Waals surface area contributed by atoms with E-state index in [4.69, 9.17) is 14.2 Å². The van der Waals surface area contributed by atoms with Gasteiger partial charge in [-0.3, -0.25) is 14.4 Å². The summed E-state index contributed by atoms with van der Waals surface area (Å²) in [6.07, 6.45) is 48.1. The highest BCUT2D eigenvalue weighted by molar-refractivity contribution is 5.71. The van der Waals surface area contributed by atoms with Crippen LogP contribution in [0.2, 0.25) is 0 Å². The van der Waals surface area contributed by atoms with Crippen LogP contribution in [0.1, 0.15) is 298 Å². The van der Waals surface area contributed by atoms with Crippen molar-refractivity contribution in [3.05, 3.63) is 0 Å². The first-order valence-electron chi connectivity index (χ1n) is 26.8. The van der Waals surface area contributed by atoms with Gasteiger partial charge in [0.2, 0.25) is 0 Å². The Labute approximate surface area is 374 Å². The molecular weight excluding hydrogens is 745 g/mol. The fourth-order valence-corrected chi connectivity index (χ4v) is 8.13. The second kappa shape index (κ2) is 46.9. The van der Waals surface area contributed by atoms with Crippen LogP contribution < -0.4 is 0 Å². The van der Waals surface area contributed by atoms with E-state index in [9.17, 15) is 14.4 Å². The standard InChI is InChI=1S/C54H104O6/c1-6-8-9-10-11-12-13-14-15-16-17-18-19-20-21-22-31-36-41-46-54(57)60-51(47-58-52(55)44-39-34-29-25-23-27-32-37-42-49(3)4)48-59-53(56)45-40-35-30-26-24-28-33-38-43-50(5)7-2/h49-51H,6-48H2,1-5H3/t50?,51-/m0/s1. The Kier molecular flexibility index (Phi) is 45.7. The molecule has 0 heterocycles. The summed E-state index contributed by atoms with van der Waals surface area (Å²) >= 11 is 0. The Morgan fingerprint density at radius 3 is 0.950 bits per heavy atom. The molecule has 0 aromatic heterocycles. The topological polar surface area (TPSA) is 78.9 Å². The minimum atomic E-state index is -0.762. The Balaban J connectivity index is 4.27. The molecule has 6 heteroatoms. The lowest BCUT2D eigenvalue weighted by atomic mass is 9.99. The maximum Gasteiger partial charge on any atom is 0.306 e. The summed E-state index contributed by atoms with van der Waals surface area (Å²) in [5.74, 6) is 0.794. The lowest BCUT2D eigenvalue weighted by Gasteiger charge is -2.18. The molecule has 0 fully saturated rings. The average molecular weight is 849 g/mol. The SMILES string of the molecule is CCCCCCCCCCCCCCCCCCCCCC(=O)O[C@@H](COC(=O)CCCCCCCCCCC(C)C)COC(=O)CCCCCCCCCCC(C)CC. The molecule has 0 amide bonds. The zero-order valence-corrected chi connectivity index (χ0v) is 41.1. The van der Waals surface area contributed by atoms with Crippen LogP contribution in [0.4, 0.5) is 0 Å². The van der Waals surface area contributed by atoms with Gasteiger partial charge < -0.3 is 14.2 Å². The third-order valence-corrected chi connectivity index (χ3v) is 12.6. The predicted molar refractivity (Wildman–Crippen MR) is 256 cm³/mol. The van der Waals surface area contributed by atoms with Crippen molar-refractivity contribution in [2.45, 2.75) is 304 Å². The minimum absolute atomic E-state index is 0.0646. The van der Waals surface area contributed by atoms with Gasteiger partial charge in [-0.05, 0) is 31.1 Å². The smallest absolute Gasteiger partial charge is 0.306 e. The molecule has 0 aliphatic heterocycles. The summed E-state index contributed by atoms with van der Waals surface area (Å²) in [4.78, 5) is 37.9. The molecule has 0 aromatic rings. The van der Waals surface area contributed by atoms with Crippen molar-refractivity contribution in [1.82, 2.24) is 0 Å². The van der Waals surface area contributed by atoms with E-state index in [1.807, 2.05) is 0 Å². The van der Waals surface area contributed by atoms with Crippen molar-refractivity contribution < 1.29 is 28.6 Å². The molecule has 0 aromatic carbocycles. The van der Waals surface area contributed by atoms with Gasteiger partial charge in [0.1, 0.15) is 13.2 Å². The number of rotatable bonds is 48. The molecule has 0 saturated heterocycles. The fraction of sp³-hybridized carbons (Fsp3) is 0.944. The Hall–Kier alpha value is -1.59. The molecular formula is C54H104O6. The van der Waals surface area contributed by atoms with Crippen molar-refractivity contribution in [1.29, 1.82) is 0 Å². The molecule has 0 aliphatic carbocycles. The van der Waals surface area contributed by atoms with Crippen molar-refractivity contribution >= 4 is 17.9 Å². The third-order valence-electron chi connectivity index (χ3n) is 12.6. The molecule has 2 atom stereocenters. The van der Waals surface area contributed by atoms with Crippen LogP contribution in [0.25, 0.3) is 0 Å². The Morgan fingerprint density at radius 1 is 0.350 bits per heavy atom. The first kappa shape index (κ1) is 58.4. The Bertz CT molecular complexity index is 918. The zero-order chi connectivity index (χ0) is 44.0. The second-order valence-electron chi connectivity index (χ2n) is 19.2. The van der Waals surface area contributed by atoms with Gasteiger partial charge in [0.15, 0.2) is 6.10 Å². The maximum atomic E-state index is 12.8. The van der Waals surface area contributed by atoms with Crippen LogP contribution in [0, 0.1) is 11.8 Å². The molecule has 0 bridgehead atoms. The first-order valence-corrected chi connectivity index (χ1v) is 26.8. The number of hydrogen-bond donors (Lipinski definition) is 0. The monoisotopic (exact) mass is 849 g/mol. The average Bonchev–Trinajstić information content (AvgIpc) is 3.23. The van der Waals surface area contributed by atoms with Gasteiger partial charge in [-0.15, -0.1) is 0 Å². The summed E-state index contributed by atoms with van der Waals surface area (Å²) in [7, 11) is 0. The quantitative estimate of drug-likeness (QED) is 0.0345. The van der Waals surface area contributed by atoms with Crippen LogP contribution in [-0.2, 0) is 28.6 Å². The van der Waals surface area contributed by atoms with E-state index >= 15 is 0 Å². The Morgan fingerprint density at radius 2 is 0.633 bits per heavy atom. The van der Waals surface area contributed by atoms with Crippen LogP contribution in [0.3, 0.4) is 0 Å². The predicted octanol–water partition coefficient (Wildman–Crippen LogP) is 17.3. The molecule has 0 radical (unpaired) electrons. The van der Waals surface area contributed by atoms with E-state index < -0.39 is 6.10 Å². The lowest BCUT2D eigenvalue weighted by Crippen LogP contribution is -2.30. The molecule has 0 aliphatic rings. The van der Waals surface area contributed by atoms with E-state index in [0.29, 0.717) is 19.3 Å². The number of unbranched alkanes of at least 4 members (excludes halogenated alkanes) is 32. The molecule has 1 unspecified atom stereocenters. The van der Waals surface area contributed by atoms with Gasteiger partial charge in [0, 0.05) is 19.3 Å². The van der Waals surface area contributed by atoms with Gasteiger partial charge in [-0.2, -0.15) is 0 Å². The van der Waals surface area contributed by atoms with Crippen molar-refractivity contribution in [3.8, 4) is 0 Å². The van der Waals surface area contributed by atoms with Gasteiger partial charge >= 0.3 is 17.9 Å². The van der Waals surface area contributed by atoms with Crippen LogP contribution >= 0.6 is 0 Å². The zero-order valence-electron chi connectivity index (χ0n) is 41.1. The number of carbonyl (C=O) groups is 3. The van der Waals surface area contributed by atoms with E-state index in [1.165, 1.54) is 186 Å². The number of esters is 3. The first-order chi connectivity index (χ1) is 29.3. The fourth-order valence-electron chi connectivity index (χ4n) is 8.13. The summed E-state index contributed by atoms with van der Waals surface area (Å²) in [6.45, 7) is 11.4. The molecule has 0 N–H and O–H groups in total. The van der Waals surface area contributed by atoms with E-state index in [2.05, 4.69) is 34.6 Å². The summed E-state index contributed by atoms with van der Waals surface area (Å²) in [5, 5.41) is 0. The summed E-state index contributed by atoms with van der Waals surface area (Å²) in [6, 6.07) is 0. The van der Waals surface area contributed by atoms with Gasteiger partial charge in [-0.1, -0.05) is 259 Å². The third kappa shape index (κ3) is 45.9. The van der Waals surface area contributed by atoms with Crippen molar-refractivity contribution in [2.75, 3.05) is 13.2 Å². The highest BCUT2D eigenvalue weighted by Gasteiger charge is 2.19. The summed E-state index contributed by atoms with van der Waals surface area (Å²) < 4.78 is 16.8. The number of hydrogen-bond acceptors (Lipinski definition) is 6. The maximum absolute atomic E-state index is 12.8. The van der Waals surface area contributed by atoms with Crippen LogP contribution in [-0.4, -0.2) is 37.2 Å². The van der Waals surface area contributed by atoms with E-state index in [0.717, 1.165) is 69.6 Å². The van der Waals surface area contributed by atoms with Gasteiger partial charge in [0.05, 0.1) is 0 Å². The molecule has 0 spiro atoms. The van der Waals surface area contributed by atoms with Crippen molar-refractivity contribution in [3.63, 3.8) is 0 Å². The minimum Gasteiger partial charge on any atom is -0.462 e. The van der Waals surface area contributed by atoms with Crippen LogP contribution in [0.15, 0.2) is 0 Å². The lowest BCUT2D eigenvalue weighted by molar-refractivity contribution is -0.167. The van der Waals surface area contributed by atoms with Gasteiger partial charge in [0.25, 0.3) is 0 Å². The van der Waals surface area contributed by atoms with Crippen LogP contribution in [0.5, 0.6) is 0 Å². The number of carbonyl (C=O) groups excluding carboxylic acids is 3. The summed E-state index contributed by atoms with van der Waals surface area (Å²) in [5.41, 5.74) is 0. The molecule has 6 nitrogen and oxygen atoms in total. The molecule has 0 rings (SSSR count). The number of ether oxygens (including phenoxy) is 3.